The Morgan fingerprint density at radius 2 is 1.80 bits per heavy atom. The summed E-state index contributed by atoms with van der Waals surface area (Å²) in [4.78, 5) is 29.6. The van der Waals surface area contributed by atoms with E-state index in [-0.39, 0.29) is 42.1 Å². The topological polar surface area (TPSA) is 116 Å². The van der Waals surface area contributed by atoms with Gasteiger partial charge in [-0.05, 0) is 49.2 Å². The van der Waals surface area contributed by atoms with Crippen LogP contribution < -0.4 is 20.7 Å². The molecule has 3 aromatic rings. The molecule has 0 bridgehead atoms. The van der Waals surface area contributed by atoms with Crippen LogP contribution in [0.4, 0.5) is 14.9 Å². The lowest BCUT2D eigenvalue weighted by Gasteiger charge is -2.32. The second-order valence-electron chi connectivity index (χ2n) is 8.10. The molecule has 3 N–H and O–H groups in total. The number of hydrogen-bond acceptors (Lipinski definition) is 6. The van der Waals surface area contributed by atoms with Crippen LogP contribution in [-0.2, 0) is 6.61 Å². The Bertz CT molecular complexity index is 1220. The summed E-state index contributed by atoms with van der Waals surface area (Å²) in [7, 11) is 0. The van der Waals surface area contributed by atoms with Crippen molar-refractivity contribution < 1.29 is 18.7 Å². The third kappa shape index (κ3) is 6.55. The molecule has 2 aromatic carbocycles. The van der Waals surface area contributed by atoms with Crippen LogP contribution in [-0.4, -0.2) is 29.0 Å². The number of hydrogen-bond donors (Lipinski definition) is 3. The number of para-hydroxylation sites is 1. The summed E-state index contributed by atoms with van der Waals surface area (Å²) in [5.41, 5.74) is 1.34. The minimum Gasteiger partial charge on any atom is -0.483 e. The molecule has 1 aliphatic carbocycles. The molecule has 0 saturated heterocycles. The summed E-state index contributed by atoms with van der Waals surface area (Å²) < 4.78 is 19.2. The first-order chi connectivity index (χ1) is 17.0. The Kier molecular flexibility index (Phi) is 7.90. The average molecular weight is 494 g/mol. The largest absolute Gasteiger partial charge is 0.483 e. The fourth-order valence-electron chi connectivity index (χ4n) is 3.87. The third-order valence-electron chi connectivity index (χ3n) is 5.64. The number of nitrogens with zero attached hydrogens (tertiary/aromatic N) is 2. The van der Waals surface area contributed by atoms with Gasteiger partial charge in [0.2, 0.25) is 0 Å². The molecule has 35 heavy (non-hydrogen) atoms. The van der Waals surface area contributed by atoms with E-state index in [4.69, 9.17) is 10.00 Å². The van der Waals surface area contributed by atoms with Crippen LogP contribution in [0.2, 0.25) is 0 Å². The van der Waals surface area contributed by atoms with Gasteiger partial charge in [0.05, 0.1) is 17.7 Å². The highest BCUT2D eigenvalue weighted by Gasteiger charge is 2.28. The van der Waals surface area contributed by atoms with Crippen molar-refractivity contribution in [3.05, 3.63) is 76.0 Å². The molecule has 1 aliphatic rings. The molecule has 10 heteroatoms. The number of urea groups is 1. The van der Waals surface area contributed by atoms with E-state index in [1.807, 2.05) is 6.07 Å². The van der Waals surface area contributed by atoms with Gasteiger partial charge in [-0.3, -0.25) is 4.79 Å². The molecule has 4 rings (SSSR count). The zero-order valence-corrected chi connectivity index (χ0v) is 19.6. The molecule has 0 radical (unpaired) electrons. The molecule has 0 aliphatic heterocycles. The van der Waals surface area contributed by atoms with Gasteiger partial charge in [-0.1, -0.05) is 25.0 Å². The molecule has 1 saturated carbocycles. The Balaban J connectivity index is 1.31. The number of carbonyl (C=O) groups is 2. The van der Waals surface area contributed by atoms with E-state index in [0.717, 1.165) is 25.7 Å². The second-order valence-corrected chi connectivity index (χ2v) is 9.05. The molecular weight excluding hydrogens is 469 g/mol. The first-order valence-electron chi connectivity index (χ1n) is 11.2. The van der Waals surface area contributed by atoms with Crippen LogP contribution in [0.5, 0.6) is 5.75 Å². The summed E-state index contributed by atoms with van der Waals surface area (Å²) in [6.45, 7) is 0.0575. The van der Waals surface area contributed by atoms with Crippen molar-refractivity contribution in [2.75, 3.05) is 5.32 Å². The molecular formula is C25H24FN5O3S. The summed E-state index contributed by atoms with van der Waals surface area (Å²) in [5.74, 6) is -0.658. The Hall–Kier alpha value is -3.97. The zero-order chi connectivity index (χ0) is 24.6. The Labute approximate surface area is 206 Å². The maximum absolute atomic E-state index is 13.7. The van der Waals surface area contributed by atoms with Crippen LogP contribution >= 0.6 is 11.3 Å². The maximum Gasteiger partial charge on any atom is 0.319 e. The predicted octanol–water partition coefficient (Wildman–Crippen LogP) is 4.60. The minimum atomic E-state index is -0.457. The van der Waals surface area contributed by atoms with Gasteiger partial charge in [-0.2, -0.15) is 5.26 Å². The Morgan fingerprint density at radius 3 is 2.51 bits per heavy atom. The average Bonchev–Trinajstić information content (AvgIpc) is 3.34. The van der Waals surface area contributed by atoms with Crippen LogP contribution in [0.25, 0.3) is 0 Å². The number of thiazole rings is 1. The van der Waals surface area contributed by atoms with Crippen molar-refractivity contribution in [1.82, 2.24) is 15.6 Å². The highest BCUT2D eigenvalue weighted by molar-refractivity contribution is 7.09. The van der Waals surface area contributed by atoms with Gasteiger partial charge in [0.15, 0.2) is 11.6 Å². The van der Waals surface area contributed by atoms with E-state index in [9.17, 15) is 14.0 Å². The standard InChI is InChI=1S/C25H24FN5O3S/c26-18-5-1-4-8-22(18)34-14-23-29-21(15-35-23)24(32)30-19-6-2-3-7-20(19)31-25(33)28-17-11-9-16(13-27)10-12-17/h1,4-5,8-12,15,19-20H,2-3,6-7,14H2,(H,30,32)(H2,28,31,33)/t19-,20+/m1/s1. The first-order valence-corrected chi connectivity index (χ1v) is 12.1. The smallest absolute Gasteiger partial charge is 0.319 e. The number of benzene rings is 2. The molecule has 1 fully saturated rings. The van der Waals surface area contributed by atoms with Crippen molar-refractivity contribution in [2.45, 2.75) is 44.4 Å². The van der Waals surface area contributed by atoms with E-state index in [0.29, 0.717) is 16.3 Å². The third-order valence-corrected chi connectivity index (χ3v) is 6.47. The van der Waals surface area contributed by atoms with Gasteiger partial charge >= 0.3 is 6.03 Å². The van der Waals surface area contributed by atoms with E-state index in [1.54, 1.807) is 41.8 Å². The lowest BCUT2D eigenvalue weighted by atomic mass is 9.90. The van der Waals surface area contributed by atoms with E-state index >= 15 is 0 Å². The van der Waals surface area contributed by atoms with E-state index < -0.39 is 5.82 Å². The van der Waals surface area contributed by atoms with Gasteiger partial charge in [-0.25, -0.2) is 14.2 Å². The minimum absolute atomic E-state index is 0.0575. The molecule has 1 heterocycles. The van der Waals surface area contributed by atoms with Crippen molar-refractivity contribution in [1.29, 1.82) is 5.26 Å². The van der Waals surface area contributed by atoms with Crippen LogP contribution in [0.15, 0.2) is 53.9 Å². The maximum atomic E-state index is 13.7. The van der Waals surface area contributed by atoms with Crippen molar-refractivity contribution in [3.63, 3.8) is 0 Å². The van der Waals surface area contributed by atoms with Crippen molar-refractivity contribution in [3.8, 4) is 11.8 Å². The van der Waals surface area contributed by atoms with Crippen molar-refractivity contribution in [2.24, 2.45) is 0 Å². The zero-order valence-electron chi connectivity index (χ0n) is 18.8. The highest BCUT2D eigenvalue weighted by Crippen LogP contribution is 2.21. The Morgan fingerprint density at radius 1 is 1.09 bits per heavy atom. The summed E-state index contributed by atoms with van der Waals surface area (Å²) >= 11 is 1.26. The lowest BCUT2D eigenvalue weighted by Crippen LogP contribution is -2.54. The lowest BCUT2D eigenvalue weighted by molar-refractivity contribution is 0.0911. The van der Waals surface area contributed by atoms with Gasteiger partial charge in [0.1, 0.15) is 17.3 Å². The number of nitriles is 1. The SMILES string of the molecule is N#Cc1ccc(NC(=O)N[C@H]2CCCC[C@H]2NC(=O)c2csc(COc3ccccc3F)n2)cc1. The van der Waals surface area contributed by atoms with Crippen LogP contribution in [0.1, 0.15) is 46.7 Å². The second kappa shape index (κ2) is 11.4. The fourth-order valence-corrected chi connectivity index (χ4v) is 4.55. The number of rotatable bonds is 7. The molecule has 3 amide bonds. The number of carbonyl (C=O) groups excluding carboxylic acids is 2. The predicted molar refractivity (Wildman–Crippen MR) is 130 cm³/mol. The molecule has 8 nitrogen and oxygen atoms in total. The summed E-state index contributed by atoms with van der Waals surface area (Å²) in [6, 6.07) is 13.9. The quantitative estimate of drug-likeness (QED) is 0.445. The number of anilines is 1. The highest BCUT2D eigenvalue weighted by atomic mass is 32.1. The number of halogens is 1. The van der Waals surface area contributed by atoms with Crippen LogP contribution in [0.3, 0.4) is 0 Å². The normalized spacial score (nSPS) is 17.1. The number of aromatic nitrogens is 1. The van der Waals surface area contributed by atoms with Gasteiger partial charge < -0.3 is 20.7 Å². The number of nitrogens with one attached hydrogen (secondary N) is 3. The molecule has 0 spiro atoms. The first kappa shape index (κ1) is 24.2. The van der Waals surface area contributed by atoms with Gasteiger partial charge in [0.25, 0.3) is 5.91 Å². The van der Waals surface area contributed by atoms with Crippen LogP contribution in [0, 0.1) is 17.1 Å². The summed E-state index contributed by atoms with van der Waals surface area (Å²) in [6.07, 6.45) is 3.37. The van der Waals surface area contributed by atoms with Gasteiger partial charge in [-0.15, -0.1) is 11.3 Å². The summed E-state index contributed by atoms with van der Waals surface area (Å²) in [5, 5.41) is 19.8. The number of amides is 3. The van der Waals surface area contributed by atoms with E-state index in [1.165, 1.54) is 23.5 Å². The fraction of sp³-hybridized carbons (Fsp3) is 0.280. The van der Waals surface area contributed by atoms with Gasteiger partial charge in [0, 0.05) is 17.1 Å². The number of ether oxygens (including phenoxy) is 1. The molecule has 2 atom stereocenters. The molecule has 0 unspecified atom stereocenters. The van der Waals surface area contributed by atoms with Crippen molar-refractivity contribution >= 4 is 29.0 Å². The van der Waals surface area contributed by atoms with E-state index in [2.05, 4.69) is 20.9 Å². The molecule has 180 valence electrons. The monoisotopic (exact) mass is 493 g/mol. The molecule has 1 aromatic heterocycles.